The van der Waals surface area contributed by atoms with Crippen LogP contribution in [0.25, 0.3) is 10.9 Å². The summed E-state index contributed by atoms with van der Waals surface area (Å²) in [5.41, 5.74) is 13.2. The first-order valence-corrected chi connectivity index (χ1v) is 14.2. The van der Waals surface area contributed by atoms with E-state index in [9.17, 15) is 29.1 Å². The molecule has 0 saturated heterocycles. The molecule has 1 aromatic carbocycles. The van der Waals surface area contributed by atoms with Gasteiger partial charge in [-0.25, -0.2) is 9.78 Å². The van der Waals surface area contributed by atoms with E-state index in [1.807, 2.05) is 30.5 Å². The minimum Gasteiger partial charge on any atom is -0.480 e. The van der Waals surface area contributed by atoms with Crippen molar-refractivity contribution in [1.29, 1.82) is 0 Å². The van der Waals surface area contributed by atoms with E-state index >= 15 is 0 Å². The molecule has 0 radical (unpaired) electrons. The minimum atomic E-state index is -1.40. The van der Waals surface area contributed by atoms with Gasteiger partial charge in [-0.1, -0.05) is 18.2 Å². The van der Waals surface area contributed by atoms with Crippen LogP contribution in [0.4, 0.5) is 0 Å². The predicted molar refractivity (Wildman–Crippen MR) is 153 cm³/mol. The summed E-state index contributed by atoms with van der Waals surface area (Å²) in [6.45, 7) is 0. The number of carboxylic acid groups (broad SMARTS) is 1. The zero-order valence-electron chi connectivity index (χ0n) is 22.4. The topological polar surface area (TPSA) is 238 Å². The first kappa shape index (κ1) is 31.2. The van der Waals surface area contributed by atoms with Crippen LogP contribution in [0, 0.1) is 0 Å². The molecule has 0 aliphatic rings. The van der Waals surface area contributed by atoms with E-state index in [0.717, 1.165) is 10.9 Å². The summed E-state index contributed by atoms with van der Waals surface area (Å²) in [4.78, 5) is 72.7. The van der Waals surface area contributed by atoms with Crippen LogP contribution in [0.1, 0.15) is 24.1 Å². The number of H-pyrrole nitrogens is 2. The highest BCUT2D eigenvalue weighted by Crippen LogP contribution is 2.19. The molecule has 2 aromatic heterocycles. The van der Waals surface area contributed by atoms with Gasteiger partial charge in [0.15, 0.2) is 0 Å². The standard InChI is InChI=1S/C26H34N8O6S/c1-41-7-6-17(27)23(36)32-20(10-22(28)35)25(38)33-19(9-15-12-29-13-31-15)24(37)34-21(26(39)40)8-14-11-30-18-5-3-2-4-16(14)18/h2-5,11-13,17,19-21,30H,6-10,27H2,1H3,(H2,28,35)(H,29,31)(H,32,36)(H,33,38)(H,34,37)(H,39,40). The fourth-order valence-corrected chi connectivity index (χ4v) is 4.65. The van der Waals surface area contributed by atoms with Gasteiger partial charge in [-0.3, -0.25) is 19.2 Å². The number of carbonyl (C=O) groups excluding carboxylic acids is 4. The second-order valence-corrected chi connectivity index (χ2v) is 10.4. The Morgan fingerprint density at radius 2 is 1.66 bits per heavy atom. The Labute approximate surface area is 239 Å². The summed E-state index contributed by atoms with van der Waals surface area (Å²) in [5.74, 6) is -3.83. The number of benzene rings is 1. The van der Waals surface area contributed by atoms with Gasteiger partial charge in [-0.15, -0.1) is 0 Å². The van der Waals surface area contributed by atoms with E-state index in [1.54, 1.807) is 6.20 Å². The number of para-hydroxylation sites is 1. The average molecular weight is 587 g/mol. The number of nitrogens with two attached hydrogens (primary N) is 2. The van der Waals surface area contributed by atoms with E-state index in [2.05, 4.69) is 30.9 Å². The van der Waals surface area contributed by atoms with Gasteiger partial charge in [-0.2, -0.15) is 11.8 Å². The number of rotatable bonds is 16. The lowest BCUT2D eigenvalue weighted by Gasteiger charge is -2.24. The quantitative estimate of drug-likeness (QED) is 0.104. The summed E-state index contributed by atoms with van der Waals surface area (Å²) >= 11 is 1.49. The maximum Gasteiger partial charge on any atom is 0.326 e. The monoisotopic (exact) mass is 586 g/mol. The van der Waals surface area contributed by atoms with Crippen molar-refractivity contribution in [3.8, 4) is 0 Å². The van der Waals surface area contributed by atoms with Crippen molar-refractivity contribution in [2.75, 3.05) is 12.0 Å². The molecule has 0 aliphatic carbocycles. The number of thioether (sulfide) groups is 1. The first-order valence-electron chi connectivity index (χ1n) is 12.8. The number of aliphatic carboxylic acids is 1. The third kappa shape index (κ3) is 9.08. The summed E-state index contributed by atoms with van der Waals surface area (Å²) in [6.07, 6.45) is 6.06. The molecule has 4 unspecified atom stereocenters. The Balaban J connectivity index is 1.77. The highest BCUT2D eigenvalue weighted by atomic mass is 32.2. The Morgan fingerprint density at radius 1 is 0.976 bits per heavy atom. The van der Waals surface area contributed by atoms with Crippen LogP contribution in [0.3, 0.4) is 0 Å². The molecule has 0 spiro atoms. The maximum atomic E-state index is 13.4. The molecule has 2 heterocycles. The minimum absolute atomic E-state index is 0.0237. The van der Waals surface area contributed by atoms with E-state index in [0.29, 0.717) is 23.4 Å². The maximum absolute atomic E-state index is 13.4. The average Bonchev–Trinajstić information content (AvgIpc) is 3.60. The predicted octanol–water partition coefficient (Wildman–Crippen LogP) is -0.829. The second-order valence-electron chi connectivity index (χ2n) is 9.42. The zero-order chi connectivity index (χ0) is 29.9. The van der Waals surface area contributed by atoms with Crippen LogP contribution in [-0.2, 0) is 36.8 Å². The number of primary amides is 1. The number of amides is 4. The number of aromatic nitrogens is 3. The van der Waals surface area contributed by atoms with Gasteiger partial charge in [0.1, 0.15) is 18.1 Å². The molecule has 15 heteroatoms. The van der Waals surface area contributed by atoms with Gasteiger partial charge in [0.2, 0.25) is 23.6 Å². The van der Waals surface area contributed by atoms with E-state index in [1.165, 1.54) is 24.3 Å². The lowest BCUT2D eigenvalue weighted by Crippen LogP contribution is -2.58. The molecule has 41 heavy (non-hydrogen) atoms. The van der Waals surface area contributed by atoms with Crippen LogP contribution in [0.2, 0.25) is 0 Å². The Kier molecular flexibility index (Phi) is 11.3. The van der Waals surface area contributed by atoms with Crippen LogP contribution in [-0.4, -0.2) is 85.8 Å². The lowest BCUT2D eigenvalue weighted by atomic mass is 10.0. The van der Waals surface area contributed by atoms with Crippen molar-refractivity contribution in [2.24, 2.45) is 11.5 Å². The first-order chi connectivity index (χ1) is 19.6. The van der Waals surface area contributed by atoms with E-state index in [4.69, 9.17) is 11.5 Å². The van der Waals surface area contributed by atoms with Crippen LogP contribution < -0.4 is 27.4 Å². The van der Waals surface area contributed by atoms with Gasteiger partial charge >= 0.3 is 5.97 Å². The number of aromatic amines is 2. The van der Waals surface area contributed by atoms with Crippen molar-refractivity contribution in [3.63, 3.8) is 0 Å². The van der Waals surface area contributed by atoms with Gasteiger partial charge in [-0.05, 0) is 30.1 Å². The normalized spacial score (nSPS) is 14.0. The SMILES string of the molecule is CSCCC(N)C(=O)NC(CC(N)=O)C(=O)NC(Cc1cnc[nH]1)C(=O)NC(Cc1c[nH]c2ccccc12)C(=O)O. The molecule has 3 aromatic rings. The molecule has 3 rings (SSSR count). The Hall–Kier alpha value is -4.37. The summed E-state index contributed by atoms with van der Waals surface area (Å²) < 4.78 is 0. The Bertz CT molecular complexity index is 1360. The van der Waals surface area contributed by atoms with E-state index < -0.39 is 60.2 Å². The van der Waals surface area contributed by atoms with Gasteiger partial charge in [0.05, 0.1) is 18.8 Å². The van der Waals surface area contributed by atoms with Crippen molar-refractivity contribution in [1.82, 2.24) is 30.9 Å². The third-order valence-corrected chi connectivity index (χ3v) is 6.98. The molecule has 4 amide bonds. The molecule has 4 atom stereocenters. The fourth-order valence-electron chi connectivity index (χ4n) is 4.16. The molecule has 0 fully saturated rings. The molecule has 10 N–H and O–H groups in total. The fraction of sp³-hybridized carbons (Fsp3) is 0.385. The highest BCUT2D eigenvalue weighted by molar-refractivity contribution is 7.98. The molecule has 0 bridgehead atoms. The number of nitrogens with zero attached hydrogens (tertiary/aromatic N) is 1. The van der Waals surface area contributed by atoms with Crippen LogP contribution in [0.15, 0.2) is 43.0 Å². The number of hydrogen-bond donors (Lipinski definition) is 8. The largest absolute Gasteiger partial charge is 0.480 e. The van der Waals surface area contributed by atoms with Crippen molar-refractivity contribution >= 4 is 52.3 Å². The van der Waals surface area contributed by atoms with Crippen molar-refractivity contribution in [2.45, 2.75) is 49.9 Å². The number of carboxylic acids is 1. The van der Waals surface area contributed by atoms with Crippen LogP contribution >= 0.6 is 11.8 Å². The highest BCUT2D eigenvalue weighted by Gasteiger charge is 2.32. The van der Waals surface area contributed by atoms with Crippen molar-refractivity contribution in [3.05, 3.63) is 54.2 Å². The number of hydrogen-bond acceptors (Lipinski definition) is 8. The summed E-state index contributed by atoms with van der Waals surface area (Å²) in [5, 5.41) is 18.1. The molecule has 14 nitrogen and oxygen atoms in total. The summed E-state index contributed by atoms with van der Waals surface area (Å²) in [6, 6.07) is 2.41. The van der Waals surface area contributed by atoms with Gasteiger partial charge < -0.3 is 42.5 Å². The number of imidazole rings is 1. The lowest BCUT2D eigenvalue weighted by molar-refractivity contribution is -0.142. The zero-order valence-corrected chi connectivity index (χ0v) is 23.2. The molecular formula is C26H34N8O6S. The summed E-state index contributed by atoms with van der Waals surface area (Å²) in [7, 11) is 0. The number of carbonyl (C=O) groups is 5. The number of fused-ring (bicyclic) bond motifs is 1. The van der Waals surface area contributed by atoms with Gasteiger partial charge in [0.25, 0.3) is 0 Å². The molecule has 0 saturated carbocycles. The van der Waals surface area contributed by atoms with Crippen molar-refractivity contribution < 1.29 is 29.1 Å². The third-order valence-electron chi connectivity index (χ3n) is 6.33. The van der Waals surface area contributed by atoms with E-state index in [-0.39, 0.29) is 12.8 Å². The Morgan fingerprint density at radius 3 is 2.32 bits per heavy atom. The molecule has 0 aliphatic heterocycles. The molecule has 220 valence electrons. The van der Waals surface area contributed by atoms with Crippen LogP contribution in [0.5, 0.6) is 0 Å². The van der Waals surface area contributed by atoms with Gasteiger partial charge in [0, 0.05) is 41.8 Å². The second kappa shape index (κ2) is 14.9. The number of nitrogens with one attached hydrogen (secondary N) is 5. The molecular weight excluding hydrogens is 552 g/mol. The smallest absolute Gasteiger partial charge is 0.326 e.